The van der Waals surface area contributed by atoms with Crippen LogP contribution in [-0.2, 0) is 20.8 Å². The minimum atomic E-state index is -0.939. The van der Waals surface area contributed by atoms with Crippen LogP contribution >= 0.6 is 11.6 Å². The molecule has 9 heteroatoms. The van der Waals surface area contributed by atoms with Crippen molar-refractivity contribution in [3.63, 3.8) is 0 Å². The maximum Gasteiger partial charge on any atom is 0.329 e. The van der Waals surface area contributed by atoms with Crippen LogP contribution in [0.4, 0.5) is 11.4 Å². The average molecular weight is 431 g/mol. The molecule has 0 heterocycles. The molecule has 0 aromatic heterocycles. The highest BCUT2D eigenvalue weighted by Gasteiger charge is 2.14. The molecule has 0 spiro atoms. The summed E-state index contributed by atoms with van der Waals surface area (Å²) in [4.78, 5) is 36.0. The number of rotatable bonds is 7. The maximum atomic E-state index is 12.2. The molecule has 0 aliphatic heterocycles. The van der Waals surface area contributed by atoms with Crippen LogP contribution in [0.25, 0.3) is 0 Å². The van der Waals surface area contributed by atoms with Gasteiger partial charge in [0, 0.05) is 16.4 Å². The van der Waals surface area contributed by atoms with Crippen LogP contribution in [0.1, 0.15) is 25.8 Å². The van der Waals surface area contributed by atoms with Gasteiger partial charge in [0.25, 0.3) is 0 Å². The van der Waals surface area contributed by atoms with Gasteiger partial charge in [-0.25, -0.2) is 5.43 Å². The van der Waals surface area contributed by atoms with Gasteiger partial charge in [-0.05, 0) is 49.2 Å². The van der Waals surface area contributed by atoms with Crippen LogP contribution in [0.5, 0.6) is 5.75 Å². The standard InChI is InChI=1S/C21H23ClN4O4/c1-4-14-5-8-16(9-6-14)23-20(28)21(29)26-25-13(2)11-19(27)24-17-12-15(22)7-10-18(17)30-3/h5-10,12H,4,11H2,1-3H3,(H,23,28)(H,24,27)(H,26,29)/b25-13+. The Labute approximate surface area is 179 Å². The highest BCUT2D eigenvalue weighted by atomic mass is 35.5. The number of carbonyl (C=O) groups excluding carboxylic acids is 3. The van der Waals surface area contributed by atoms with E-state index in [0.717, 1.165) is 12.0 Å². The third kappa shape index (κ3) is 6.89. The first kappa shape index (κ1) is 22.9. The zero-order chi connectivity index (χ0) is 22.1. The van der Waals surface area contributed by atoms with Gasteiger partial charge in [-0.15, -0.1) is 0 Å². The molecule has 2 aromatic rings. The number of ether oxygens (including phenoxy) is 1. The lowest BCUT2D eigenvalue weighted by Crippen LogP contribution is -2.33. The molecule has 0 aliphatic rings. The number of aryl methyl sites for hydroxylation is 1. The normalized spacial score (nSPS) is 10.9. The van der Waals surface area contributed by atoms with Gasteiger partial charge in [0.15, 0.2) is 0 Å². The highest BCUT2D eigenvalue weighted by Crippen LogP contribution is 2.27. The molecular formula is C21H23ClN4O4. The van der Waals surface area contributed by atoms with E-state index in [0.29, 0.717) is 27.9 Å². The highest BCUT2D eigenvalue weighted by molar-refractivity contribution is 6.39. The molecule has 0 radical (unpaired) electrons. The van der Waals surface area contributed by atoms with Crippen LogP contribution in [0, 0.1) is 0 Å². The predicted octanol–water partition coefficient (Wildman–Crippen LogP) is 3.37. The van der Waals surface area contributed by atoms with Gasteiger partial charge in [-0.1, -0.05) is 30.7 Å². The Kier molecular flexibility index (Phi) is 8.37. The first-order chi connectivity index (χ1) is 14.3. The number of hydrogen-bond acceptors (Lipinski definition) is 5. The molecule has 0 saturated heterocycles. The van der Waals surface area contributed by atoms with Crippen LogP contribution in [0.2, 0.25) is 5.02 Å². The third-order valence-electron chi connectivity index (χ3n) is 4.03. The Bertz CT molecular complexity index is 958. The van der Waals surface area contributed by atoms with E-state index in [1.54, 1.807) is 37.3 Å². The topological polar surface area (TPSA) is 109 Å². The lowest BCUT2D eigenvalue weighted by molar-refractivity contribution is -0.136. The second-order valence-electron chi connectivity index (χ2n) is 6.36. The number of benzene rings is 2. The zero-order valence-electron chi connectivity index (χ0n) is 16.9. The van der Waals surface area contributed by atoms with Crippen molar-refractivity contribution < 1.29 is 19.1 Å². The molecular weight excluding hydrogens is 408 g/mol. The second-order valence-corrected chi connectivity index (χ2v) is 6.80. The van der Waals surface area contributed by atoms with Gasteiger partial charge in [0.1, 0.15) is 5.75 Å². The van der Waals surface area contributed by atoms with Crippen molar-refractivity contribution in [3.8, 4) is 5.75 Å². The van der Waals surface area contributed by atoms with E-state index < -0.39 is 11.8 Å². The number of amides is 3. The van der Waals surface area contributed by atoms with Crippen LogP contribution < -0.4 is 20.8 Å². The Hall–Kier alpha value is -3.39. The summed E-state index contributed by atoms with van der Waals surface area (Å²) in [5.41, 5.74) is 4.48. The summed E-state index contributed by atoms with van der Waals surface area (Å²) in [6.45, 7) is 3.57. The molecule has 0 fully saturated rings. The monoisotopic (exact) mass is 430 g/mol. The number of hydrazone groups is 1. The predicted molar refractivity (Wildman–Crippen MR) is 117 cm³/mol. The summed E-state index contributed by atoms with van der Waals surface area (Å²) in [5, 5.41) is 9.38. The Morgan fingerprint density at radius 3 is 2.37 bits per heavy atom. The molecule has 30 heavy (non-hydrogen) atoms. The fourth-order valence-electron chi connectivity index (χ4n) is 2.45. The molecule has 0 aliphatic carbocycles. The number of nitrogens with zero attached hydrogens (tertiary/aromatic N) is 1. The molecule has 158 valence electrons. The minimum absolute atomic E-state index is 0.101. The zero-order valence-corrected chi connectivity index (χ0v) is 17.7. The van der Waals surface area contributed by atoms with Gasteiger partial charge in [-0.2, -0.15) is 5.10 Å². The van der Waals surface area contributed by atoms with Crippen molar-refractivity contribution >= 4 is 46.4 Å². The molecule has 3 amide bonds. The summed E-state index contributed by atoms with van der Waals surface area (Å²) in [5.74, 6) is -1.72. The van der Waals surface area contributed by atoms with E-state index in [9.17, 15) is 14.4 Å². The maximum absolute atomic E-state index is 12.2. The van der Waals surface area contributed by atoms with Crippen molar-refractivity contribution in [2.45, 2.75) is 26.7 Å². The Morgan fingerprint density at radius 2 is 1.73 bits per heavy atom. The second kappa shape index (κ2) is 11.0. The molecule has 2 aromatic carbocycles. The third-order valence-corrected chi connectivity index (χ3v) is 4.26. The van der Waals surface area contributed by atoms with Crippen molar-refractivity contribution in [2.75, 3.05) is 17.7 Å². The quantitative estimate of drug-likeness (QED) is 0.355. The summed E-state index contributed by atoms with van der Waals surface area (Å²) in [7, 11) is 1.48. The molecule has 3 N–H and O–H groups in total. The summed E-state index contributed by atoms with van der Waals surface area (Å²) in [6, 6.07) is 12.0. The number of methoxy groups -OCH3 is 1. The largest absolute Gasteiger partial charge is 0.495 e. The molecule has 0 atom stereocenters. The molecule has 2 rings (SSSR count). The van der Waals surface area contributed by atoms with Crippen molar-refractivity contribution in [3.05, 3.63) is 53.1 Å². The van der Waals surface area contributed by atoms with E-state index in [1.165, 1.54) is 7.11 Å². The summed E-state index contributed by atoms with van der Waals surface area (Å²) >= 11 is 5.93. The SMILES string of the molecule is CCc1ccc(NC(=O)C(=O)N/N=C(\C)CC(=O)Nc2cc(Cl)ccc2OC)cc1. The average Bonchev–Trinajstić information content (AvgIpc) is 2.72. The number of hydrogen-bond donors (Lipinski definition) is 3. The smallest absolute Gasteiger partial charge is 0.329 e. The van der Waals surface area contributed by atoms with E-state index in [4.69, 9.17) is 16.3 Å². The fourth-order valence-corrected chi connectivity index (χ4v) is 2.62. The number of halogens is 1. The van der Waals surface area contributed by atoms with Gasteiger partial charge < -0.3 is 15.4 Å². The fraction of sp³-hybridized carbons (Fsp3) is 0.238. The van der Waals surface area contributed by atoms with E-state index in [1.807, 2.05) is 19.1 Å². The van der Waals surface area contributed by atoms with Gasteiger partial charge >= 0.3 is 11.8 Å². The van der Waals surface area contributed by atoms with Crippen molar-refractivity contribution in [1.82, 2.24) is 5.43 Å². The Morgan fingerprint density at radius 1 is 1.03 bits per heavy atom. The lowest BCUT2D eigenvalue weighted by Gasteiger charge is -2.10. The minimum Gasteiger partial charge on any atom is -0.495 e. The first-order valence-corrected chi connectivity index (χ1v) is 9.57. The van der Waals surface area contributed by atoms with Crippen LogP contribution in [0.3, 0.4) is 0 Å². The van der Waals surface area contributed by atoms with Crippen LogP contribution in [0.15, 0.2) is 47.6 Å². The molecule has 0 saturated carbocycles. The molecule has 0 bridgehead atoms. The van der Waals surface area contributed by atoms with Crippen LogP contribution in [-0.4, -0.2) is 30.5 Å². The van der Waals surface area contributed by atoms with E-state index in [-0.39, 0.29) is 12.3 Å². The van der Waals surface area contributed by atoms with Crippen molar-refractivity contribution in [1.29, 1.82) is 0 Å². The molecule has 8 nitrogen and oxygen atoms in total. The summed E-state index contributed by atoms with van der Waals surface area (Å²) < 4.78 is 5.17. The van der Waals surface area contributed by atoms with E-state index in [2.05, 4.69) is 21.2 Å². The van der Waals surface area contributed by atoms with E-state index >= 15 is 0 Å². The molecule has 0 unspecified atom stereocenters. The van der Waals surface area contributed by atoms with Gasteiger partial charge in [-0.3, -0.25) is 14.4 Å². The van der Waals surface area contributed by atoms with Crippen molar-refractivity contribution in [2.24, 2.45) is 5.10 Å². The van der Waals surface area contributed by atoms with Gasteiger partial charge in [0.2, 0.25) is 5.91 Å². The number of carbonyl (C=O) groups is 3. The summed E-state index contributed by atoms with van der Waals surface area (Å²) in [6.07, 6.45) is 0.774. The lowest BCUT2D eigenvalue weighted by atomic mass is 10.1. The van der Waals surface area contributed by atoms with Gasteiger partial charge in [0.05, 0.1) is 19.2 Å². The Balaban J connectivity index is 1.87. The number of anilines is 2. The number of nitrogens with one attached hydrogen (secondary N) is 3. The first-order valence-electron chi connectivity index (χ1n) is 9.19.